The summed E-state index contributed by atoms with van der Waals surface area (Å²) in [5.74, 6) is 0. The number of benzene rings is 5. The highest BCUT2D eigenvalue weighted by atomic mass is 16.7. The average molecular weight is 831 g/mol. The van der Waals surface area contributed by atoms with Crippen molar-refractivity contribution < 1.29 is 23.4 Å². The zero-order chi connectivity index (χ0) is 45.7. The number of hydrogen-bond donors (Lipinski definition) is 0. The molecule has 5 aromatic carbocycles. The molecule has 7 heteroatoms. The van der Waals surface area contributed by atoms with Gasteiger partial charge in [-0.1, -0.05) is 120 Å². The van der Waals surface area contributed by atoms with E-state index in [4.69, 9.17) is 18.6 Å². The van der Waals surface area contributed by atoms with Gasteiger partial charge < -0.3 is 18.6 Å². The molecule has 0 spiro atoms. The average Bonchev–Trinajstić information content (AvgIpc) is 3.52. The van der Waals surface area contributed by atoms with Crippen molar-refractivity contribution in [2.45, 2.75) is 158 Å². The fourth-order valence-corrected chi connectivity index (χ4v) is 9.03. The van der Waals surface area contributed by atoms with Crippen LogP contribution in [0.5, 0.6) is 0 Å². The van der Waals surface area contributed by atoms with Gasteiger partial charge in [-0.2, -0.15) is 0 Å². The standard InChI is InChI=1S/C55H68B2O5/c1-33-22-37(23-34(2)48(33)39-26-41(50(5,6)7)30-43(28-39)56-59-52(11,12)53(13,14)60-56)45-20-19-21-46(47(45)32-58)38-24-35(3)49(36(4)25-38)40-27-42(51(8,9)10)31-44(29-40)57-61-54(15,16)55(17,18)62-57/h19-32H,1-18H3. The summed E-state index contributed by atoms with van der Waals surface area (Å²) in [5, 5.41) is 0. The van der Waals surface area contributed by atoms with Crippen LogP contribution in [0.3, 0.4) is 0 Å². The number of rotatable bonds is 7. The second-order valence-electron chi connectivity index (χ2n) is 22.2. The van der Waals surface area contributed by atoms with E-state index >= 15 is 0 Å². The van der Waals surface area contributed by atoms with Crippen LogP contribution in [0.15, 0.2) is 78.9 Å². The Morgan fingerprint density at radius 1 is 0.452 bits per heavy atom. The topological polar surface area (TPSA) is 54.0 Å². The van der Waals surface area contributed by atoms with E-state index in [-0.39, 0.29) is 10.8 Å². The van der Waals surface area contributed by atoms with E-state index in [1.54, 1.807) is 0 Å². The summed E-state index contributed by atoms with van der Waals surface area (Å²) in [6, 6.07) is 28.7. The molecule has 324 valence electrons. The first kappa shape index (κ1) is 45.8. The van der Waals surface area contributed by atoms with E-state index in [2.05, 4.69) is 203 Å². The Balaban J connectivity index is 1.28. The van der Waals surface area contributed by atoms with Gasteiger partial charge in [0, 0.05) is 5.56 Å². The van der Waals surface area contributed by atoms with Crippen molar-refractivity contribution in [2.24, 2.45) is 0 Å². The van der Waals surface area contributed by atoms with Crippen LogP contribution in [0.4, 0.5) is 0 Å². The highest BCUT2D eigenvalue weighted by Crippen LogP contribution is 2.42. The predicted octanol–water partition coefficient (Wildman–Crippen LogP) is 12.6. The van der Waals surface area contributed by atoms with Gasteiger partial charge in [0.25, 0.3) is 0 Å². The quantitative estimate of drug-likeness (QED) is 0.121. The van der Waals surface area contributed by atoms with Crippen molar-refractivity contribution in [3.8, 4) is 44.5 Å². The fourth-order valence-electron chi connectivity index (χ4n) is 9.03. The van der Waals surface area contributed by atoms with Gasteiger partial charge in [-0.15, -0.1) is 0 Å². The maximum atomic E-state index is 13.2. The molecule has 0 bridgehead atoms. The van der Waals surface area contributed by atoms with Gasteiger partial charge >= 0.3 is 14.2 Å². The molecule has 0 radical (unpaired) electrons. The first-order chi connectivity index (χ1) is 28.5. The van der Waals surface area contributed by atoms with Crippen LogP contribution in [0.25, 0.3) is 44.5 Å². The Morgan fingerprint density at radius 2 is 0.758 bits per heavy atom. The number of carbonyl (C=O) groups is 1. The molecule has 0 amide bonds. The summed E-state index contributed by atoms with van der Waals surface area (Å²) in [4.78, 5) is 13.2. The maximum absolute atomic E-state index is 13.2. The van der Waals surface area contributed by atoms with E-state index in [9.17, 15) is 4.79 Å². The normalized spacial score (nSPS) is 18.1. The van der Waals surface area contributed by atoms with Gasteiger partial charge in [0.05, 0.1) is 22.4 Å². The van der Waals surface area contributed by atoms with Crippen molar-refractivity contribution in [1.82, 2.24) is 0 Å². The summed E-state index contributed by atoms with van der Waals surface area (Å²) in [5.41, 5.74) is 16.3. The Kier molecular flexibility index (Phi) is 11.4. The summed E-state index contributed by atoms with van der Waals surface area (Å²) < 4.78 is 26.2. The van der Waals surface area contributed by atoms with E-state index in [0.29, 0.717) is 5.56 Å². The van der Waals surface area contributed by atoms with Crippen molar-refractivity contribution >= 4 is 31.4 Å². The monoisotopic (exact) mass is 831 g/mol. The van der Waals surface area contributed by atoms with E-state index in [1.165, 1.54) is 22.3 Å². The van der Waals surface area contributed by atoms with Crippen LogP contribution in [0, 0.1) is 27.7 Å². The number of aldehydes is 1. The molecule has 2 aliphatic heterocycles. The third-order valence-electron chi connectivity index (χ3n) is 14.2. The van der Waals surface area contributed by atoms with Crippen LogP contribution in [0.2, 0.25) is 0 Å². The predicted molar refractivity (Wildman–Crippen MR) is 261 cm³/mol. The van der Waals surface area contributed by atoms with Crippen LogP contribution < -0.4 is 10.9 Å². The zero-order valence-corrected chi connectivity index (χ0v) is 40.8. The molecule has 0 unspecified atom stereocenters. The van der Waals surface area contributed by atoms with Gasteiger partial charge in [-0.3, -0.25) is 4.79 Å². The Bertz CT molecular complexity index is 2330. The minimum atomic E-state index is -0.465. The molecule has 2 saturated heterocycles. The molecular weight excluding hydrogens is 762 g/mol. The third kappa shape index (κ3) is 8.31. The molecule has 2 heterocycles. The lowest BCUT2D eigenvalue weighted by atomic mass is 9.73. The van der Waals surface area contributed by atoms with Gasteiger partial charge in [-0.05, 0) is 183 Å². The third-order valence-corrected chi connectivity index (χ3v) is 14.2. The largest absolute Gasteiger partial charge is 0.494 e. The summed E-state index contributed by atoms with van der Waals surface area (Å²) in [6.45, 7) is 39.0. The van der Waals surface area contributed by atoms with E-state index < -0.39 is 36.6 Å². The molecule has 0 aromatic heterocycles. The maximum Gasteiger partial charge on any atom is 0.494 e. The highest BCUT2D eigenvalue weighted by molar-refractivity contribution is 6.62. The molecule has 0 atom stereocenters. The minimum Gasteiger partial charge on any atom is -0.399 e. The Hall–Kier alpha value is -4.26. The van der Waals surface area contributed by atoms with Crippen molar-refractivity contribution in [3.05, 3.63) is 118 Å². The molecule has 0 aliphatic carbocycles. The molecule has 0 N–H and O–H groups in total. The summed E-state index contributed by atoms with van der Waals surface area (Å²) >= 11 is 0. The second-order valence-corrected chi connectivity index (χ2v) is 22.2. The number of aryl methyl sites for hydroxylation is 4. The Labute approximate surface area is 373 Å². The second kappa shape index (κ2) is 15.5. The molecule has 5 nitrogen and oxygen atoms in total. The molecule has 7 rings (SSSR count). The lowest BCUT2D eigenvalue weighted by Crippen LogP contribution is -2.41. The molecule has 0 saturated carbocycles. The van der Waals surface area contributed by atoms with Gasteiger partial charge in [0.1, 0.15) is 0 Å². The van der Waals surface area contributed by atoms with Crippen molar-refractivity contribution in [1.29, 1.82) is 0 Å². The zero-order valence-electron chi connectivity index (χ0n) is 40.8. The van der Waals surface area contributed by atoms with Gasteiger partial charge in [-0.25, -0.2) is 0 Å². The minimum absolute atomic E-state index is 0.0853. The SMILES string of the molecule is Cc1cc(-c2cccc(-c3cc(C)c(-c4cc(B5OC(C)(C)C(C)(C)O5)cc(C(C)(C)C)c4)c(C)c3)c2C=O)cc(C)c1-c1cc(B2OC(C)(C)C(C)(C)O2)cc(C(C)(C)C)c1. The highest BCUT2D eigenvalue weighted by Gasteiger charge is 2.53. The first-order valence-corrected chi connectivity index (χ1v) is 22.4. The van der Waals surface area contributed by atoms with Crippen LogP contribution in [0.1, 0.15) is 141 Å². The van der Waals surface area contributed by atoms with E-state index in [0.717, 1.165) is 72.8 Å². The molecule has 62 heavy (non-hydrogen) atoms. The van der Waals surface area contributed by atoms with Gasteiger partial charge in [0.2, 0.25) is 0 Å². The molecular formula is C55H68B2O5. The van der Waals surface area contributed by atoms with E-state index in [1.807, 2.05) is 0 Å². The smallest absolute Gasteiger partial charge is 0.399 e. The summed E-state index contributed by atoms with van der Waals surface area (Å²) in [7, 11) is -0.930. The number of hydrogen-bond acceptors (Lipinski definition) is 5. The van der Waals surface area contributed by atoms with Gasteiger partial charge in [0.15, 0.2) is 6.29 Å². The molecule has 2 aliphatic rings. The fraction of sp³-hybridized carbons (Fsp3) is 0.436. The lowest BCUT2D eigenvalue weighted by molar-refractivity contribution is 0.00578. The van der Waals surface area contributed by atoms with Crippen LogP contribution in [-0.2, 0) is 29.4 Å². The van der Waals surface area contributed by atoms with Crippen molar-refractivity contribution in [3.63, 3.8) is 0 Å². The first-order valence-electron chi connectivity index (χ1n) is 22.4. The lowest BCUT2D eigenvalue weighted by Gasteiger charge is -2.32. The van der Waals surface area contributed by atoms with Crippen molar-refractivity contribution in [2.75, 3.05) is 0 Å². The molecule has 2 fully saturated rings. The van der Waals surface area contributed by atoms with Crippen LogP contribution >= 0.6 is 0 Å². The summed E-state index contributed by atoms with van der Waals surface area (Å²) in [6.07, 6.45) is 1.02. The Morgan fingerprint density at radius 3 is 1.03 bits per heavy atom. The number of carbonyl (C=O) groups excluding carboxylic acids is 1. The molecule has 5 aromatic rings. The van der Waals surface area contributed by atoms with Crippen LogP contribution in [-0.4, -0.2) is 42.9 Å².